The van der Waals surface area contributed by atoms with Crippen LogP contribution in [0.1, 0.15) is 39.5 Å². The second-order valence-corrected chi connectivity index (χ2v) is 6.17. The molecule has 20 heavy (non-hydrogen) atoms. The van der Waals surface area contributed by atoms with E-state index < -0.39 is 0 Å². The van der Waals surface area contributed by atoms with Crippen molar-refractivity contribution in [3.63, 3.8) is 0 Å². The Balaban J connectivity index is 2.11. The first-order chi connectivity index (χ1) is 9.76. The van der Waals surface area contributed by atoms with Crippen LogP contribution >= 0.6 is 15.9 Å². The first kappa shape index (κ1) is 15.4. The van der Waals surface area contributed by atoms with E-state index in [0.717, 1.165) is 16.8 Å². The summed E-state index contributed by atoms with van der Waals surface area (Å²) in [7, 11) is 0. The number of unbranched alkanes of at least 4 members (excludes halogenated alkanes) is 1. The molecule has 2 rings (SSSR count). The van der Waals surface area contributed by atoms with Crippen LogP contribution in [0.25, 0.3) is 10.8 Å². The summed E-state index contributed by atoms with van der Waals surface area (Å²) in [5.41, 5.74) is 0. The molecule has 1 nitrogen and oxygen atoms in total. The molecule has 0 aliphatic carbocycles. The molecule has 0 aliphatic heterocycles. The molecule has 0 saturated heterocycles. The maximum Gasteiger partial charge on any atom is 0.127 e. The molecule has 2 heteroatoms. The van der Waals surface area contributed by atoms with E-state index in [1.54, 1.807) is 0 Å². The Labute approximate surface area is 130 Å². The predicted octanol–water partition coefficient (Wildman–Crippen LogP) is 6.20. The third-order valence-corrected chi connectivity index (χ3v) is 4.54. The van der Waals surface area contributed by atoms with Crippen LogP contribution in [0, 0.1) is 5.92 Å². The third kappa shape index (κ3) is 3.76. The quantitative estimate of drug-likeness (QED) is 0.585. The highest BCUT2D eigenvalue weighted by Crippen LogP contribution is 2.32. The Morgan fingerprint density at radius 1 is 1.05 bits per heavy atom. The van der Waals surface area contributed by atoms with Crippen molar-refractivity contribution in [1.29, 1.82) is 0 Å². The maximum atomic E-state index is 6.10. The fourth-order valence-corrected chi connectivity index (χ4v) is 2.94. The van der Waals surface area contributed by atoms with Crippen molar-refractivity contribution in [2.24, 2.45) is 5.92 Å². The third-order valence-electron chi connectivity index (χ3n) is 3.85. The average molecular weight is 335 g/mol. The molecule has 0 aromatic heterocycles. The molecule has 0 aliphatic rings. The first-order valence-corrected chi connectivity index (χ1v) is 8.35. The number of hydrogen-bond acceptors (Lipinski definition) is 1. The maximum absolute atomic E-state index is 6.10. The zero-order chi connectivity index (χ0) is 14.4. The lowest BCUT2D eigenvalue weighted by molar-refractivity contribution is 0.235. The van der Waals surface area contributed by atoms with Crippen LogP contribution in [0.3, 0.4) is 0 Å². The van der Waals surface area contributed by atoms with Gasteiger partial charge in [-0.05, 0) is 29.9 Å². The smallest absolute Gasteiger partial charge is 0.127 e. The van der Waals surface area contributed by atoms with Crippen molar-refractivity contribution < 1.29 is 4.74 Å². The molecule has 2 aromatic carbocycles. The molecule has 0 amide bonds. The monoisotopic (exact) mass is 334 g/mol. The number of fused-ring (bicyclic) bond motifs is 1. The lowest BCUT2D eigenvalue weighted by Crippen LogP contribution is -2.11. The van der Waals surface area contributed by atoms with Gasteiger partial charge in [0.05, 0.1) is 6.61 Å². The minimum absolute atomic E-state index is 0.664. The van der Waals surface area contributed by atoms with Gasteiger partial charge in [-0.1, -0.05) is 73.3 Å². The van der Waals surface area contributed by atoms with Crippen molar-refractivity contribution in [2.45, 2.75) is 39.5 Å². The van der Waals surface area contributed by atoms with E-state index in [-0.39, 0.29) is 0 Å². The summed E-state index contributed by atoms with van der Waals surface area (Å²) >= 11 is 3.60. The highest BCUT2D eigenvalue weighted by molar-refractivity contribution is 9.10. The summed E-state index contributed by atoms with van der Waals surface area (Å²) in [4.78, 5) is 0. The molecule has 2 aromatic rings. The van der Waals surface area contributed by atoms with Gasteiger partial charge in [-0.2, -0.15) is 0 Å². The van der Waals surface area contributed by atoms with Crippen LogP contribution in [0.2, 0.25) is 0 Å². The topological polar surface area (TPSA) is 9.23 Å². The van der Waals surface area contributed by atoms with Gasteiger partial charge in [-0.15, -0.1) is 0 Å². The Morgan fingerprint density at radius 2 is 1.80 bits per heavy atom. The summed E-state index contributed by atoms with van der Waals surface area (Å²) in [5.74, 6) is 1.66. The minimum Gasteiger partial charge on any atom is -0.493 e. The second kappa shape index (κ2) is 7.68. The molecule has 0 N–H and O–H groups in total. The van der Waals surface area contributed by atoms with Crippen molar-refractivity contribution in [3.8, 4) is 5.75 Å². The molecule has 0 radical (unpaired) electrons. The lowest BCUT2D eigenvalue weighted by atomic mass is 10.0. The van der Waals surface area contributed by atoms with Gasteiger partial charge in [0, 0.05) is 9.86 Å². The van der Waals surface area contributed by atoms with Crippen molar-refractivity contribution >= 4 is 26.7 Å². The van der Waals surface area contributed by atoms with Gasteiger partial charge in [-0.25, -0.2) is 0 Å². The van der Waals surface area contributed by atoms with E-state index in [1.807, 2.05) is 0 Å². The van der Waals surface area contributed by atoms with Crippen molar-refractivity contribution in [3.05, 3.63) is 40.9 Å². The molecule has 0 bridgehead atoms. The normalized spacial score (nSPS) is 12.6. The van der Waals surface area contributed by atoms with E-state index in [0.29, 0.717) is 5.92 Å². The van der Waals surface area contributed by atoms with Crippen LogP contribution in [0.5, 0.6) is 5.75 Å². The Bertz CT molecular complexity index is 550. The summed E-state index contributed by atoms with van der Waals surface area (Å²) in [6.45, 7) is 5.32. The van der Waals surface area contributed by atoms with Crippen LogP contribution in [0.15, 0.2) is 40.9 Å². The van der Waals surface area contributed by atoms with E-state index in [2.05, 4.69) is 66.2 Å². The molecule has 0 saturated carbocycles. The predicted molar refractivity (Wildman–Crippen MR) is 90.4 cm³/mol. The molecule has 0 spiro atoms. The fourth-order valence-electron chi connectivity index (χ4n) is 2.47. The second-order valence-electron chi connectivity index (χ2n) is 5.32. The van der Waals surface area contributed by atoms with Crippen LogP contribution in [-0.4, -0.2) is 6.61 Å². The minimum atomic E-state index is 0.664. The largest absolute Gasteiger partial charge is 0.493 e. The van der Waals surface area contributed by atoms with Gasteiger partial charge in [0.2, 0.25) is 0 Å². The SMILES string of the molecule is CCCCC(CC)COc1ccc(Br)c2ccccc12. The van der Waals surface area contributed by atoms with Gasteiger partial charge < -0.3 is 4.74 Å². The summed E-state index contributed by atoms with van der Waals surface area (Å²) in [5, 5.41) is 2.40. The number of hydrogen-bond donors (Lipinski definition) is 0. The molecule has 0 fully saturated rings. The molecular weight excluding hydrogens is 312 g/mol. The van der Waals surface area contributed by atoms with Gasteiger partial charge in [0.25, 0.3) is 0 Å². The highest BCUT2D eigenvalue weighted by Gasteiger charge is 2.09. The summed E-state index contributed by atoms with van der Waals surface area (Å²) in [6.07, 6.45) is 5.01. The molecule has 1 unspecified atom stereocenters. The Morgan fingerprint density at radius 3 is 2.50 bits per heavy atom. The zero-order valence-electron chi connectivity index (χ0n) is 12.4. The Hall–Kier alpha value is -1.02. The Kier molecular flexibility index (Phi) is 5.90. The molecular formula is C18H23BrO. The van der Waals surface area contributed by atoms with E-state index >= 15 is 0 Å². The van der Waals surface area contributed by atoms with E-state index in [1.165, 1.54) is 36.5 Å². The average Bonchev–Trinajstić information content (AvgIpc) is 2.49. The van der Waals surface area contributed by atoms with Crippen molar-refractivity contribution in [1.82, 2.24) is 0 Å². The van der Waals surface area contributed by atoms with Crippen LogP contribution < -0.4 is 4.74 Å². The molecule has 108 valence electrons. The highest BCUT2D eigenvalue weighted by atomic mass is 79.9. The fraction of sp³-hybridized carbons (Fsp3) is 0.444. The summed E-state index contributed by atoms with van der Waals surface area (Å²) < 4.78 is 7.23. The molecule has 1 atom stereocenters. The van der Waals surface area contributed by atoms with Gasteiger partial charge in [0.15, 0.2) is 0 Å². The molecule has 0 heterocycles. The zero-order valence-corrected chi connectivity index (χ0v) is 13.9. The van der Waals surface area contributed by atoms with E-state index in [9.17, 15) is 0 Å². The van der Waals surface area contributed by atoms with Crippen molar-refractivity contribution in [2.75, 3.05) is 6.61 Å². The van der Waals surface area contributed by atoms with Gasteiger partial charge in [0.1, 0.15) is 5.75 Å². The number of ether oxygens (including phenoxy) is 1. The van der Waals surface area contributed by atoms with Gasteiger partial charge >= 0.3 is 0 Å². The summed E-state index contributed by atoms with van der Waals surface area (Å²) in [6, 6.07) is 12.5. The number of benzene rings is 2. The van der Waals surface area contributed by atoms with E-state index in [4.69, 9.17) is 4.74 Å². The van der Waals surface area contributed by atoms with Crippen LogP contribution in [0.4, 0.5) is 0 Å². The first-order valence-electron chi connectivity index (χ1n) is 7.56. The van der Waals surface area contributed by atoms with Crippen LogP contribution in [-0.2, 0) is 0 Å². The lowest BCUT2D eigenvalue weighted by Gasteiger charge is -2.17. The number of rotatable bonds is 7. The standard InChI is InChI=1S/C18H23BrO/c1-3-5-8-14(4-2)13-20-18-12-11-17(19)15-9-6-7-10-16(15)18/h6-7,9-12,14H,3-5,8,13H2,1-2H3. The van der Waals surface area contributed by atoms with Gasteiger partial charge in [-0.3, -0.25) is 0 Å². The number of halogens is 1.